The smallest absolute Gasteiger partial charge is 0.226 e. The van der Waals surface area contributed by atoms with E-state index in [0.29, 0.717) is 26.1 Å². The molecule has 3 N–H and O–H groups in total. The molecule has 7 nitrogen and oxygen atoms in total. The fourth-order valence-corrected chi connectivity index (χ4v) is 2.75. The van der Waals surface area contributed by atoms with Crippen LogP contribution < -0.4 is 5.32 Å². The molecule has 0 spiro atoms. The highest BCUT2D eigenvalue weighted by Gasteiger charge is 2.33. The van der Waals surface area contributed by atoms with Gasteiger partial charge < -0.3 is 25.2 Å². The Morgan fingerprint density at radius 2 is 2.17 bits per heavy atom. The lowest BCUT2D eigenvalue weighted by Crippen LogP contribution is -2.42. The first-order chi connectivity index (χ1) is 11.1. The number of hydrogen-bond acceptors (Lipinski definition) is 5. The van der Waals surface area contributed by atoms with Crippen LogP contribution in [0.25, 0.3) is 0 Å². The van der Waals surface area contributed by atoms with Crippen LogP contribution in [-0.2, 0) is 14.3 Å². The Kier molecular flexibility index (Phi) is 9.51. The summed E-state index contributed by atoms with van der Waals surface area (Å²) in [6.45, 7) is 5.11. The minimum Gasteiger partial charge on any atom is -0.394 e. The number of carbonyl (C=O) groups is 2. The van der Waals surface area contributed by atoms with Crippen molar-refractivity contribution in [3.8, 4) is 0 Å². The summed E-state index contributed by atoms with van der Waals surface area (Å²) in [6.07, 6.45) is 3.86. The number of rotatable bonds is 11. The van der Waals surface area contributed by atoms with Gasteiger partial charge in [-0.3, -0.25) is 9.59 Å². The number of nitrogens with one attached hydrogen (secondary N) is 1. The topological polar surface area (TPSA) is 99.1 Å². The Bertz CT molecular complexity index is 389. The predicted molar refractivity (Wildman–Crippen MR) is 85.7 cm³/mol. The number of aliphatic hydroxyl groups is 2. The predicted octanol–water partition coefficient (Wildman–Crippen LogP) is -0.323. The largest absolute Gasteiger partial charge is 0.394 e. The molecule has 1 aliphatic rings. The average Bonchev–Trinajstić information content (AvgIpc) is 3.02. The molecule has 0 aromatic heterocycles. The number of hydrogen-bond donors (Lipinski definition) is 3. The van der Waals surface area contributed by atoms with E-state index in [0.717, 1.165) is 12.8 Å². The van der Waals surface area contributed by atoms with Gasteiger partial charge in [-0.1, -0.05) is 6.08 Å². The van der Waals surface area contributed by atoms with Crippen molar-refractivity contribution in [2.75, 3.05) is 39.5 Å². The minimum absolute atomic E-state index is 0.0407. The number of likely N-dealkylation sites (tertiary alicyclic amines) is 1. The van der Waals surface area contributed by atoms with Crippen molar-refractivity contribution in [2.24, 2.45) is 5.92 Å². The van der Waals surface area contributed by atoms with Gasteiger partial charge in [0.25, 0.3) is 0 Å². The van der Waals surface area contributed by atoms with Crippen molar-refractivity contribution < 1.29 is 24.5 Å². The second-order valence-electron chi connectivity index (χ2n) is 5.62. The van der Waals surface area contributed by atoms with Crippen LogP contribution in [0.4, 0.5) is 0 Å². The maximum atomic E-state index is 12.6. The highest BCUT2D eigenvalue weighted by atomic mass is 16.5. The summed E-state index contributed by atoms with van der Waals surface area (Å²) in [7, 11) is 0. The van der Waals surface area contributed by atoms with Gasteiger partial charge in [0, 0.05) is 19.5 Å². The first-order valence-electron chi connectivity index (χ1n) is 8.11. The molecule has 1 saturated heterocycles. The molecule has 0 saturated carbocycles. The first-order valence-corrected chi connectivity index (χ1v) is 8.11. The second kappa shape index (κ2) is 11.2. The number of carbonyl (C=O) groups excluding carboxylic acids is 2. The number of ether oxygens (including phenoxy) is 1. The lowest BCUT2D eigenvalue weighted by atomic mass is 9.98. The average molecular weight is 328 g/mol. The van der Waals surface area contributed by atoms with Crippen LogP contribution in [0.5, 0.6) is 0 Å². The monoisotopic (exact) mass is 328 g/mol. The van der Waals surface area contributed by atoms with Crippen LogP contribution in [0.2, 0.25) is 0 Å². The summed E-state index contributed by atoms with van der Waals surface area (Å²) >= 11 is 0. The van der Waals surface area contributed by atoms with E-state index in [4.69, 9.17) is 9.84 Å². The molecule has 2 amide bonds. The number of aliphatic hydroxyl groups excluding tert-OH is 2. The zero-order chi connectivity index (χ0) is 17.1. The van der Waals surface area contributed by atoms with Crippen molar-refractivity contribution in [3.63, 3.8) is 0 Å². The highest BCUT2D eigenvalue weighted by Crippen LogP contribution is 2.22. The SMILES string of the molecule is C=CCC(CC(=O)NCCOCCO)C(=O)N1CCCC1CO. The van der Waals surface area contributed by atoms with Crippen molar-refractivity contribution in [3.05, 3.63) is 12.7 Å². The summed E-state index contributed by atoms with van der Waals surface area (Å²) in [4.78, 5) is 26.2. The molecule has 0 bridgehead atoms. The third-order valence-electron chi connectivity index (χ3n) is 3.91. The van der Waals surface area contributed by atoms with Gasteiger partial charge in [-0.15, -0.1) is 6.58 Å². The van der Waals surface area contributed by atoms with Gasteiger partial charge in [0.05, 0.1) is 38.4 Å². The van der Waals surface area contributed by atoms with Crippen molar-refractivity contribution >= 4 is 11.8 Å². The Hall–Kier alpha value is -1.44. The molecular weight excluding hydrogens is 300 g/mol. The van der Waals surface area contributed by atoms with Crippen LogP contribution in [0, 0.1) is 5.92 Å². The van der Waals surface area contributed by atoms with Crippen molar-refractivity contribution in [2.45, 2.75) is 31.7 Å². The third kappa shape index (κ3) is 6.68. The quantitative estimate of drug-likeness (QED) is 0.356. The molecule has 0 aromatic rings. The van der Waals surface area contributed by atoms with E-state index in [9.17, 15) is 14.7 Å². The first kappa shape index (κ1) is 19.6. The Labute approximate surface area is 137 Å². The molecule has 132 valence electrons. The third-order valence-corrected chi connectivity index (χ3v) is 3.91. The second-order valence-corrected chi connectivity index (χ2v) is 5.62. The Balaban J connectivity index is 2.45. The van der Waals surface area contributed by atoms with E-state index >= 15 is 0 Å². The van der Waals surface area contributed by atoms with Crippen LogP contribution in [0.1, 0.15) is 25.7 Å². The molecule has 2 atom stereocenters. The molecule has 1 heterocycles. The molecule has 7 heteroatoms. The van der Waals surface area contributed by atoms with E-state index in [1.807, 2.05) is 0 Å². The Morgan fingerprint density at radius 1 is 1.39 bits per heavy atom. The van der Waals surface area contributed by atoms with Gasteiger partial charge in [-0.25, -0.2) is 0 Å². The molecule has 23 heavy (non-hydrogen) atoms. The summed E-state index contributed by atoms with van der Waals surface area (Å²) in [5.41, 5.74) is 0. The zero-order valence-electron chi connectivity index (χ0n) is 13.6. The lowest BCUT2D eigenvalue weighted by molar-refractivity contribution is -0.139. The maximum absolute atomic E-state index is 12.6. The molecule has 0 aliphatic carbocycles. The number of nitrogens with zero attached hydrogens (tertiary/aromatic N) is 1. The summed E-state index contributed by atoms with van der Waals surface area (Å²) < 4.78 is 5.06. The van der Waals surface area contributed by atoms with Crippen molar-refractivity contribution in [1.29, 1.82) is 0 Å². The van der Waals surface area contributed by atoms with Gasteiger partial charge in [0.1, 0.15) is 0 Å². The standard InChI is InChI=1S/C16H28N2O5/c1-2-4-13(11-15(21)17-6-9-23-10-8-19)16(22)18-7-3-5-14(18)12-20/h2,13-14,19-20H,1,3-12H2,(H,17,21). The van der Waals surface area contributed by atoms with Gasteiger partial charge in [-0.2, -0.15) is 0 Å². The van der Waals surface area contributed by atoms with E-state index in [1.54, 1.807) is 11.0 Å². The number of amides is 2. The Morgan fingerprint density at radius 3 is 2.83 bits per heavy atom. The van der Waals surface area contributed by atoms with Crippen molar-refractivity contribution in [1.82, 2.24) is 10.2 Å². The normalized spacial score (nSPS) is 18.7. The van der Waals surface area contributed by atoms with Gasteiger partial charge in [0.2, 0.25) is 11.8 Å². The lowest BCUT2D eigenvalue weighted by Gasteiger charge is -2.27. The summed E-state index contributed by atoms with van der Waals surface area (Å²) in [6, 6.07) is -0.134. The van der Waals surface area contributed by atoms with Gasteiger partial charge >= 0.3 is 0 Å². The van der Waals surface area contributed by atoms with Gasteiger partial charge in [0.15, 0.2) is 0 Å². The van der Waals surface area contributed by atoms with E-state index in [2.05, 4.69) is 11.9 Å². The summed E-state index contributed by atoms with van der Waals surface area (Å²) in [5.74, 6) is -0.747. The van der Waals surface area contributed by atoms with Crippen LogP contribution in [0.15, 0.2) is 12.7 Å². The van der Waals surface area contributed by atoms with E-state index in [-0.39, 0.29) is 44.1 Å². The molecule has 1 rings (SSSR count). The number of allylic oxidation sites excluding steroid dienone is 1. The van der Waals surface area contributed by atoms with E-state index < -0.39 is 5.92 Å². The zero-order valence-corrected chi connectivity index (χ0v) is 13.6. The molecule has 0 radical (unpaired) electrons. The molecule has 1 aliphatic heterocycles. The minimum atomic E-state index is -0.446. The fourth-order valence-electron chi connectivity index (χ4n) is 2.75. The molecule has 2 unspecified atom stereocenters. The molecular formula is C16H28N2O5. The van der Waals surface area contributed by atoms with Crippen LogP contribution in [-0.4, -0.2) is 72.5 Å². The molecule has 1 fully saturated rings. The van der Waals surface area contributed by atoms with Crippen LogP contribution in [0.3, 0.4) is 0 Å². The highest BCUT2D eigenvalue weighted by molar-refractivity contribution is 5.86. The summed E-state index contributed by atoms with van der Waals surface area (Å²) in [5, 5.41) is 20.6. The van der Waals surface area contributed by atoms with Crippen LogP contribution >= 0.6 is 0 Å². The van der Waals surface area contributed by atoms with E-state index in [1.165, 1.54) is 0 Å². The molecule has 0 aromatic carbocycles. The fraction of sp³-hybridized carbons (Fsp3) is 0.750. The van der Waals surface area contributed by atoms with Gasteiger partial charge in [-0.05, 0) is 19.3 Å². The maximum Gasteiger partial charge on any atom is 0.226 e.